The molecular weight excluding hydrogens is 619 g/mol. The van der Waals surface area contributed by atoms with Crippen LogP contribution in [-0.2, 0) is 33.9 Å². The van der Waals surface area contributed by atoms with E-state index in [9.17, 15) is 14.4 Å². The largest absolute Gasteiger partial charge is 0.497 e. The van der Waals surface area contributed by atoms with Gasteiger partial charge in [0.15, 0.2) is 0 Å². The maximum atomic E-state index is 15.3. The van der Waals surface area contributed by atoms with Crippen LogP contribution >= 0.6 is 0 Å². The number of cyclic esters (lactones) is 1. The summed E-state index contributed by atoms with van der Waals surface area (Å²) in [5.74, 6) is 0.0422. The second-order valence-electron chi connectivity index (χ2n) is 11.5. The van der Waals surface area contributed by atoms with Gasteiger partial charge in [-0.15, -0.1) is 5.10 Å². The van der Waals surface area contributed by atoms with Gasteiger partial charge in [0.1, 0.15) is 23.4 Å². The molecule has 3 amide bonds. The monoisotopic (exact) mass is 658 g/mol. The van der Waals surface area contributed by atoms with Gasteiger partial charge < -0.3 is 19.5 Å². The number of halogens is 1. The molecule has 0 unspecified atom stereocenters. The number of benzene rings is 3. The number of rotatable bonds is 14. The highest BCUT2D eigenvalue weighted by Gasteiger charge is 2.32. The van der Waals surface area contributed by atoms with Gasteiger partial charge in [0.05, 0.1) is 51.8 Å². The number of amides is 3. The van der Waals surface area contributed by atoms with Crippen LogP contribution in [0.2, 0.25) is 0 Å². The maximum Gasteiger partial charge on any atom is 0.414 e. The molecule has 13 heteroatoms. The van der Waals surface area contributed by atoms with E-state index in [1.54, 1.807) is 47.2 Å². The average Bonchev–Trinajstić information content (AvgIpc) is 3.69. The molecule has 1 aliphatic rings. The number of anilines is 1. The van der Waals surface area contributed by atoms with Crippen molar-refractivity contribution in [2.75, 3.05) is 31.7 Å². The SMILES string of the molecule is CCCCOC(=O)N(Cc1ccc(-c2ccc(N3C[C@H](CNC(C)=O)OC3=O)cc2F)cc1)Cc1cn(Cc2ccc(OC)cc2)nn1. The van der Waals surface area contributed by atoms with Crippen LogP contribution in [0.15, 0.2) is 72.9 Å². The standard InChI is InChI=1S/C35H39FN6O6/c1-4-5-16-47-34(44)40(21-28-22-41(39-38-28)20-26-8-13-30(46-3)14-9-26)19-25-6-10-27(11-7-25)32-15-12-29(17-33(32)36)42-23-31(48-35(42)45)18-37-24(2)43/h6-15,17,22,31H,4-5,16,18-21,23H2,1-3H3,(H,37,43)/t31-/m0/s1. The molecule has 1 atom stereocenters. The van der Waals surface area contributed by atoms with Crippen LogP contribution in [0.3, 0.4) is 0 Å². The second-order valence-corrected chi connectivity index (χ2v) is 11.5. The van der Waals surface area contributed by atoms with Gasteiger partial charge in [-0.2, -0.15) is 0 Å². The molecule has 4 aromatic rings. The van der Waals surface area contributed by atoms with E-state index in [0.717, 1.165) is 29.7 Å². The minimum absolute atomic E-state index is 0.184. The summed E-state index contributed by atoms with van der Waals surface area (Å²) < 4.78 is 33.1. The van der Waals surface area contributed by atoms with E-state index in [2.05, 4.69) is 15.6 Å². The van der Waals surface area contributed by atoms with E-state index in [0.29, 0.717) is 35.7 Å². The lowest BCUT2D eigenvalue weighted by Crippen LogP contribution is -2.33. The Bertz CT molecular complexity index is 1710. The van der Waals surface area contributed by atoms with E-state index in [4.69, 9.17) is 14.2 Å². The highest BCUT2D eigenvalue weighted by Crippen LogP contribution is 2.29. The zero-order chi connectivity index (χ0) is 34.0. The molecule has 5 rings (SSSR count). The molecule has 0 bridgehead atoms. The van der Waals surface area contributed by atoms with Crippen molar-refractivity contribution in [1.29, 1.82) is 0 Å². The zero-order valence-electron chi connectivity index (χ0n) is 27.2. The first-order valence-corrected chi connectivity index (χ1v) is 15.8. The zero-order valence-corrected chi connectivity index (χ0v) is 27.2. The fourth-order valence-electron chi connectivity index (χ4n) is 5.19. The lowest BCUT2D eigenvalue weighted by atomic mass is 10.0. The molecule has 12 nitrogen and oxygen atoms in total. The Morgan fingerprint density at radius 3 is 2.50 bits per heavy atom. The number of aromatic nitrogens is 3. The third-order valence-electron chi connectivity index (χ3n) is 7.78. The van der Waals surface area contributed by atoms with Crippen molar-refractivity contribution >= 4 is 23.8 Å². The van der Waals surface area contributed by atoms with Crippen LogP contribution in [0.25, 0.3) is 11.1 Å². The van der Waals surface area contributed by atoms with Crippen LogP contribution < -0.4 is 15.0 Å². The van der Waals surface area contributed by atoms with Gasteiger partial charge in [0.25, 0.3) is 0 Å². The van der Waals surface area contributed by atoms with E-state index in [1.807, 2.05) is 43.3 Å². The molecule has 1 aromatic heterocycles. The Kier molecular flexibility index (Phi) is 11.2. The second kappa shape index (κ2) is 15.9. The number of hydrogen-bond acceptors (Lipinski definition) is 8. The molecule has 2 heterocycles. The Balaban J connectivity index is 1.25. The van der Waals surface area contributed by atoms with Crippen LogP contribution in [0.1, 0.15) is 43.5 Å². The molecule has 0 aliphatic carbocycles. The van der Waals surface area contributed by atoms with Gasteiger partial charge in [0, 0.05) is 19.0 Å². The van der Waals surface area contributed by atoms with Crippen molar-refractivity contribution in [2.24, 2.45) is 0 Å². The number of nitrogens with one attached hydrogen (secondary N) is 1. The topological polar surface area (TPSA) is 128 Å². The summed E-state index contributed by atoms with van der Waals surface area (Å²) in [6.07, 6.45) is 1.88. The third-order valence-corrected chi connectivity index (χ3v) is 7.78. The molecule has 1 aliphatic heterocycles. The molecule has 0 spiro atoms. The third kappa shape index (κ3) is 8.87. The number of carbonyl (C=O) groups is 3. The van der Waals surface area contributed by atoms with E-state index < -0.39 is 24.1 Å². The summed E-state index contributed by atoms with van der Waals surface area (Å²) in [6, 6.07) is 19.5. The predicted octanol–water partition coefficient (Wildman–Crippen LogP) is 5.54. The average molecular weight is 659 g/mol. The Hall–Kier alpha value is -5.46. The highest BCUT2D eigenvalue weighted by atomic mass is 19.1. The first-order valence-electron chi connectivity index (χ1n) is 15.8. The number of methoxy groups -OCH3 is 1. The van der Waals surface area contributed by atoms with E-state index >= 15 is 4.39 Å². The molecule has 1 saturated heterocycles. The molecule has 1 N–H and O–H groups in total. The van der Waals surface area contributed by atoms with Crippen molar-refractivity contribution in [1.82, 2.24) is 25.2 Å². The lowest BCUT2D eigenvalue weighted by Gasteiger charge is -2.21. The van der Waals surface area contributed by atoms with E-state index in [-0.39, 0.29) is 32.1 Å². The van der Waals surface area contributed by atoms with Gasteiger partial charge in [0.2, 0.25) is 5.91 Å². The lowest BCUT2D eigenvalue weighted by molar-refractivity contribution is -0.119. The molecular formula is C35H39FN6O6. The van der Waals surface area contributed by atoms with Crippen LogP contribution in [0, 0.1) is 5.82 Å². The summed E-state index contributed by atoms with van der Waals surface area (Å²) in [7, 11) is 1.62. The smallest absolute Gasteiger partial charge is 0.414 e. The summed E-state index contributed by atoms with van der Waals surface area (Å²) in [4.78, 5) is 39.6. The summed E-state index contributed by atoms with van der Waals surface area (Å²) in [5, 5.41) is 11.1. The van der Waals surface area contributed by atoms with Gasteiger partial charge in [-0.3, -0.25) is 14.6 Å². The molecule has 3 aromatic carbocycles. The van der Waals surface area contributed by atoms with Crippen molar-refractivity contribution < 1.29 is 33.0 Å². The quantitative estimate of drug-likeness (QED) is 0.175. The number of ether oxygens (including phenoxy) is 3. The molecule has 48 heavy (non-hydrogen) atoms. The molecule has 0 saturated carbocycles. The Morgan fingerprint density at radius 1 is 1.06 bits per heavy atom. The number of unbranched alkanes of at least 4 members (excludes halogenated alkanes) is 1. The highest BCUT2D eigenvalue weighted by molar-refractivity contribution is 5.90. The van der Waals surface area contributed by atoms with Crippen LogP contribution in [0.5, 0.6) is 5.75 Å². The Labute approximate surface area is 278 Å². The van der Waals surface area contributed by atoms with Crippen LogP contribution in [-0.4, -0.2) is 70.9 Å². The van der Waals surface area contributed by atoms with Gasteiger partial charge in [-0.25, -0.2) is 18.7 Å². The minimum Gasteiger partial charge on any atom is -0.497 e. The number of carbonyl (C=O) groups excluding carboxylic acids is 3. The van der Waals surface area contributed by atoms with Crippen LogP contribution in [0.4, 0.5) is 19.7 Å². The molecule has 0 radical (unpaired) electrons. The van der Waals surface area contributed by atoms with Gasteiger partial charge >= 0.3 is 12.2 Å². The first-order chi connectivity index (χ1) is 23.2. The summed E-state index contributed by atoms with van der Waals surface area (Å²) >= 11 is 0. The van der Waals surface area contributed by atoms with Crippen molar-refractivity contribution in [3.63, 3.8) is 0 Å². The minimum atomic E-state index is -0.598. The first kappa shape index (κ1) is 33.9. The van der Waals surface area contributed by atoms with E-state index in [1.165, 1.54) is 17.9 Å². The normalized spacial score (nSPS) is 14.0. The Morgan fingerprint density at radius 2 is 1.81 bits per heavy atom. The predicted molar refractivity (Wildman–Crippen MR) is 176 cm³/mol. The van der Waals surface area contributed by atoms with Crippen molar-refractivity contribution in [3.8, 4) is 16.9 Å². The van der Waals surface area contributed by atoms with Gasteiger partial charge in [-0.05, 0) is 53.4 Å². The van der Waals surface area contributed by atoms with Gasteiger partial charge in [-0.1, -0.05) is 55.0 Å². The van der Waals surface area contributed by atoms with Crippen molar-refractivity contribution in [2.45, 2.75) is 52.4 Å². The molecule has 252 valence electrons. The maximum absolute atomic E-state index is 15.3. The van der Waals surface area contributed by atoms with Crippen molar-refractivity contribution in [3.05, 3.63) is 95.6 Å². The molecule has 1 fully saturated rings. The number of hydrogen-bond donors (Lipinski definition) is 1. The summed E-state index contributed by atoms with van der Waals surface area (Å²) in [6.45, 7) is 5.05. The fourth-order valence-corrected chi connectivity index (χ4v) is 5.19. The number of nitrogens with zero attached hydrogens (tertiary/aromatic N) is 5. The summed E-state index contributed by atoms with van der Waals surface area (Å²) in [5.41, 5.74) is 3.81. The fraction of sp³-hybridized carbons (Fsp3) is 0.343.